The fourth-order valence-electron chi connectivity index (χ4n) is 4.87. The molecule has 33 heavy (non-hydrogen) atoms. The van der Waals surface area contributed by atoms with Gasteiger partial charge in [-0.25, -0.2) is 13.1 Å². The highest BCUT2D eigenvalue weighted by Gasteiger charge is 2.34. The van der Waals surface area contributed by atoms with E-state index in [9.17, 15) is 13.5 Å². The Hall–Kier alpha value is -2.01. The topological polar surface area (TPSA) is 116 Å². The second-order valence-electron chi connectivity index (χ2n) is 8.97. The number of nitrogens with zero attached hydrogens (tertiary/aromatic N) is 3. The summed E-state index contributed by atoms with van der Waals surface area (Å²) in [5.41, 5.74) is 1.08. The summed E-state index contributed by atoms with van der Waals surface area (Å²) < 4.78 is 41.7. The molecule has 2 aromatic rings. The molecule has 2 N–H and O–H groups in total. The molecule has 1 saturated heterocycles. The van der Waals surface area contributed by atoms with E-state index in [0.717, 1.165) is 12.1 Å². The van der Waals surface area contributed by atoms with Crippen LogP contribution in [0.25, 0.3) is 0 Å². The molecule has 2 aliphatic rings. The molecular formula is C23H34N4O5S. The van der Waals surface area contributed by atoms with E-state index in [1.54, 1.807) is 18.2 Å². The Morgan fingerprint density at radius 2 is 1.97 bits per heavy atom. The van der Waals surface area contributed by atoms with Crippen LogP contribution >= 0.6 is 0 Å². The number of aliphatic hydroxyl groups is 1. The van der Waals surface area contributed by atoms with Crippen LogP contribution in [0, 0.1) is 0 Å². The molecule has 0 unspecified atom stereocenters. The third kappa shape index (κ3) is 5.92. The van der Waals surface area contributed by atoms with Crippen LogP contribution in [0.4, 0.5) is 0 Å². The number of benzene rings is 1. The number of para-hydroxylation sites is 1. The summed E-state index contributed by atoms with van der Waals surface area (Å²) >= 11 is 0. The summed E-state index contributed by atoms with van der Waals surface area (Å²) in [6, 6.07) is 5.97. The van der Waals surface area contributed by atoms with Crippen LogP contribution in [0.1, 0.15) is 63.0 Å². The van der Waals surface area contributed by atoms with Gasteiger partial charge in [0.05, 0.1) is 37.7 Å². The van der Waals surface area contributed by atoms with Crippen molar-refractivity contribution in [2.75, 3.05) is 13.7 Å². The highest BCUT2D eigenvalue weighted by atomic mass is 32.2. The molecule has 3 atom stereocenters. The third-order valence-corrected chi connectivity index (χ3v) is 8.25. The predicted octanol–water partition coefficient (Wildman–Crippen LogP) is 2.61. The number of sulfonamides is 1. The van der Waals surface area contributed by atoms with Gasteiger partial charge < -0.3 is 14.6 Å². The van der Waals surface area contributed by atoms with Crippen molar-refractivity contribution in [1.82, 2.24) is 19.7 Å². The quantitative estimate of drug-likeness (QED) is 0.569. The largest absolute Gasteiger partial charge is 0.495 e. The number of hydrogen-bond donors (Lipinski definition) is 2. The average molecular weight is 479 g/mol. The molecular weight excluding hydrogens is 444 g/mol. The zero-order valence-corrected chi connectivity index (χ0v) is 19.9. The minimum atomic E-state index is -3.81. The first-order valence-corrected chi connectivity index (χ1v) is 13.3. The van der Waals surface area contributed by atoms with Gasteiger partial charge >= 0.3 is 0 Å². The summed E-state index contributed by atoms with van der Waals surface area (Å²) in [6.07, 6.45) is 9.58. The van der Waals surface area contributed by atoms with Gasteiger partial charge in [-0.2, -0.15) is 0 Å². The summed E-state index contributed by atoms with van der Waals surface area (Å²) in [5, 5.41) is 18.5. The predicted molar refractivity (Wildman–Crippen MR) is 123 cm³/mol. The van der Waals surface area contributed by atoms with Crippen molar-refractivity contribution in [3.8, 4) is 5.75 Å². The monoisotopic (exact) mass is 478 g/mol. The summed E-state index contributed by atoms with van der Waals surface area (Å²) in [7, 11) is -2.38. The fourth-order valence-corrected chi connectivity index (χ4v) is 6.34. The van der Waals surface area contributed by atoms with Crippen molar-refractivity contribution in [2.24, 2.45) is 0 Å². The van der Waals surface area contributed by atoms with Gasteiger partial charge in [-0.15, -0.1) is 5.10 Å². The minimum absolute atomic E-state index is 0.0727. The van der Waals surface area contributed by atoms with E-state index >= 15 is 0 Å². The lowest BCUT2D eigenvalue weighted by Gasteiger charge is -2.36. The Balaban J connectivity index is 1.32. The average Bonchev–Trinajstić information content (AvgIpc) is 3.33. The number of hydrogen-bond acceptors (Lipinski definition) is 7. The third-order valence-electron chi connectivity index (χ3n) is 6.72. The highest BCUT2D eigenvalue weighted by molar-refractivity contribution is 7.89. The van der Waals surface area contributed by atoms with E-state index < -0.39 is 22.2 Å². The molecule has 2 heterocycles. The molecule has 1 aliphatic carbocycles. The van der Waals surface area contributed by atoms with Gasteiger partial charge in [0, 0.05) is 18.7 Å². The molecule has 1 aromatic heterocycles. The molecule has 0 spiro atoms. The fraction of sp³-hybridized carbons (Fsp3) is 0.652. The molecule has 2 fully saturated rings. The molecule has 1 aromatic carbocycles. The maximum atomic E-state index is 12.9. The molecule has 1 saturated carbocycles. The standard InChI is InChI=1S/C23H34N4O5S/c1-31-21-9-5-6-10-23(21)33(29,30)25-19-12-11-18(32-22(19)16-28)13-14-27-15-20(24-26-27)17-7-3-2-4-8-17/h5-6,9-10,15,17-19,22,25,28H,2-4,7-8,11-14,16H2,1H3/t18-,19+,22-/m1/s1. The molecule has 4 rings (SSSR count). The molecule has 1 aliphatic heterocycles. The van der Waals surface area contributed by atoms with Crippen LogP contribution in [0.5, 0.6) is 5.75 Å². The van der Waals surface area contributed by atoms with E-state index in [1.165, 1.54) is 45.3 Å². The van der Waals surface area contributed by atoms with Crippen molar-refractivity contribution >= 4 is 10.0 Å². The number of ether oxygens (including phenoxy) is 2. The van der Waals surface area contributed by atoms with Crippen LogP contribution in [0.15, 0.2) is 35.4 Å². The smallest absolute Gasteiger partial charge is 0.244 e. The lowest BCUT2D eigenvalue weighted by Crippen LogP contribution is -2.51. The highest BCUT2D eigenvalue weighted by Crippen LogP contribution is 2.31. The van der Waals surface area contributed by atoms with Gasteiger partial charge in [0.2, 0.25) is 10.0 Å². The number of rotatable bonds is 9. The first-order valence-electron chi connectivity index (χ1n) is 11.8. The van der Waals surface area contributed by atoms with Gasteiger partial charge in [0.1, 0.15) is 10.6 Å². The van der Waals surface area contributed by atoms with E-state index in [0.29, 0.717) is 25.3 Å². The second kappa shape index (κ2) is 10.9. The Kier molecular flexibility index (Phi) is 8.00. The van der Waals surface area contributed by atoms with Gasteiger partial charge in [0.25, 0.3) is 0 Å². The number of aliphatic hydroxyl groups excluding tert-OH is 1. The van der Waals surface area contributed by atoms with Crippen molar-refractivity contribution < 1.29 is 23.0 Å². The number of aryl methyl sites for hydroxylation is 1. The van der Waals surface area contributed by atoms with E-state index in [2.05, 4.69) is 15.0 Å². The van der Waals surface area contributed by atoms with Crippen LogP contribution in [-0.4, -0.2) is 60.5 Å². The van der Waals surface area contributed by atoms with E-state index in [-0.39, 0.29) is 23.4 Å². The molecule has 182 valence electrons. The summed E-state index contributed by atoms with van der Waals surface area (Å²) in [4.78, 5) is 0.0752. The molecule has 0 amide bonds. The van der Waals surface area contributed by atoms with Crippen LogP contribution in [0.3, 0.4) is 0 Å². The summed E-state index contributed by atoms with van der Waals surface area (Å²) in [5.74, 6) is 0.801. The lowest BCUT2D eigenvalue weighted by atomic mass is 9.87. The van der Waals surface area contributed by atoms with Crippen molar-refractivity contribution in [1.29, 1.82) is 0 Å². The maximum Gasteiger partial charge on any atom is 0.244 e. The van der Waals surface area contributed by atoms with Crippen molar-refractivity contribution in [3.63, 3.8) is 0 Å². The minimum Gasteiger partial charge on any atom is -0.495 e. The first kappa shape index (κ1) is 24.1. The van der Waals surface area contributed by atoms with Gasteiger partial charge in [-0.3, -0.25) is 4.68 Å². The Morgan fingerprint density at radius 1 is 1.18 bits per heavy atom. The zero-order chi connectivity index (χ0) is 23.3. The Bertz CT molecular complexity index is 1010. The number of aromatic nitrogens is 3. The van der Waals surface area contributed by atoms with Crippen LogP contribution < -0.4 is 9.46 Å². The normalized spacial score (nSPS) is 24.6. The maximum absolute atomic E-state index is 12.9. The molecule has 0 bridgehead atoms. The molecule has 10 heteroatoms. The lowest BCUT2D eigenvalue weighted by molar-refractivity contribution is -0.0891. The van der Waals surface area contributed by atoms with Crippen molar-refractivity contribution in [3.05, 3.63) is 36.2 Å². The molecule has 9 nitrogen and oxygen atoms in total. The summed E-state index contributed by atoms with van der Waals surface area (Å²) in [6.45, 7) is 0.422. The number of methoxy groups -OCH3 is 1. The second-order valence-corrected chi connectivity index (χ2v) is 10.6. The van der Waals surface area contributed by atoms with Gasteiger partial charge in [-0.1, -0.05) is 36.6 Å². The van der Waals surface area contributed by atoms with Crippen LogP contribution in [-0.2, 0) is 21.3 Å². The first-order chi connectivity index (χ1) is 16.0. The number of nitrogens with one attached hydrogen (secondary N) is 1. The van der Waals surface area contributed by atoms with E-state index in [4.69, 9.17) is 9.47 Å². The van der Waals surface area contributed by atoms with Crippen LogP contribution in [0.2, 0.25) is 0 Å². The Morgan fingerprint density at radius 3 is 2.73 bits per heavy atom. The van der Waals surface area contributed by atoms with E-state index in [1.807, 2.05) is 10.9 Å². The molecule has 0 radical (unpaired) electrons. The SMILES string of the molecule is COc1ccccc1S(=O)(=O)N[C@H]1CC[C@H](CCn2cc(C3CCCCC3)nn2)O[C@@H]1CO. The van der Waals surface area contributed by atoms with Gasteiger partial charge in [0.15, 0.2) is 0 Å². The zero-order valence-electron chi connectivity index (χ0n) is 19.1. The Labute approximate surface area is 195 Å². The van der Waals surface area contributed by atoms with Gasteiger partial charge in [-0.05, 0) is 44.2 Å². The van der Waals surface area contributed by atoms with Crippen molar-refractivity contribution in [2.45, 2.75) is 87.0 Å².